The summed E-state index contributed by atoms with van der Waals surface area (Å²) in [5, 5.41) is 0. The van der Waals surface area contributed by atoms with Gasteiger partial charge in [0.15, 0.2) is 0 Å². The Morgan fingerprint density at radius 1 is 0.941 bits per heavy atom. The summed E-state index contributed by atoms with van der Waals surface area (Å²) in [6.07, 6.45) is 2.33. The van der Waals surface area contributed by atoms with E-state index in [-0.39, 0.29) is 0 Å². The number of rotatable bonds is 10. The molecule has 0 bridgehead atoms. The summed E-state index contributed by atoms with van der Waals surface area (Å²) in [5.41, 5.74) is 0. The second-order valence-corrected chi connectivity index (χ2v) is 4.91. The van der Waals surface area contributed by atoms with E-state index in [9.17, 15) is 0 Å². The van der Waals surface area contributed by atoms with E-state index in [1.54, 1.807) is 0 Å². The van der Waals surface area contributed by atoms with Crippen molar-refractivity contribution in [3.8, 4) is 0 Å². The molecule has 2 nitrogen and oxygen atoms in total. The van der Waals surface area contributed by atoms with Crippen molar-refractivity contribution < 1.29 is 9.47 Å². The average molecular weight is 254 g/mol. The molecule has 0 amide bonds. The zero-order valence-corrected chi connectivity index (χ0v) is 11.4. The van der Waals surface area contributed by atoms with Crippen molar-refractivity contribution in [2.75, 3.05) is 32.2 Å². The van der Waals surface area contributed by atoms with Crippen molar-refractivity contribution in [2.45, 2.75) is 24.7 Å². The van der Waals surface area contributed by atoms with Crippen LogP contribution in [0.15, 0.2) is 35.2 Å². The van der Waals surface area contributed by atoms with Crippen LogP contribution >= 0.6 is 11.8 Å². The van der Waals surface area contributed by atoms with Crippen molar-refractivity contribution in [1.82, 2.24) is 0 Å². The summed E-state index contributed by atoms with van der Waals surface area (Å²) in [5.74, 6) is 0.999. The zero-order chi connectivity index (χ0) is 12.2. The molecule has 1 aromatic carbocycles. The number of thioether (sulfide) groups is 1. The van der Waals surface area contributed by atoms with Gasteiger partial charge in [-0.25, -0.2) is 0 Å². The lowest BCUT2D eigenvalue weighted by Gasteiger charge is -2.05. The molecule has 17 heavy (non-hydrogen) atoms. The molecule has 0 aliphatic heterocycles. The van der Waals surface area contributed by atoms with Gasteiger partial charge in [0.25, 0.3) is 0 Å². The summed E-state index contributed by atoms with van der Waals surface area (Å²) < 4.78 is 10.9. The number of unbranched alkanes of at least 4 members (excludes halogenated alkanes) is 1. The molecular formula is C14H22O2S. The fraction of sp³-hybridized carbons (Fsp3) is 0.571. The van der Waals surface area contributed by atoms with Gasteiger partial charge in [0.2, 0.25) is 0 Å². The van der Waals surface area contributed by atoms with Crippen molar-refractivity contribution in [2.24, 2.45) is 0 Å². The third-order valence-electron chi connectivity index (χ3n) is 2.25. The zero-order valence-electron chi connectivity index (χ0n) is 10.6. The Labute approximate surface area is 109 Å². The van der Waals surface area contributed by atoms with E-state index in [2.05, 4.69) is 31.2 Å². The molecule has 0 saturated heterocycles. The Balaban J connectivity index is 1.85. The Bertz CT molecular complexity index is 264. The molecule has 0 fully saturated rings. The van der Waals surface area contributed by atoms with Gasteiger partial charge in [-0.3, -0.25) is 0 Å². The lowest BCUT2D eigenvalue weighted by molar-refractivity contribution is 0.0527. The summed E-state index contributed by atoms with van der Waals surface area (Å²) in [6.45, 7) is 5.24. The van der Waals surface area contributed by atoms with Crippen molar-refractivity contribution in [3.63, 3.8) is 0 Å². The van der Waals surface area contributed by atoms with E-state index < -0.39 is 0 Å². The molecule has 0 radical (unpaired) electrons. The molecule has 0 aliphatic rings. The second kappa shape index (κ2) is 10.6. The van der Waals surface area contributed by atoms with Crippen LogP contribution < -0.4 is 0 Å². The Hall–Kier alpha value is -0.510. The minimum atomic E-state index is 0.707. The number of hydrogen-bond donors (Lipinski definition) is 0. The van der Waals surface area contributed by atoms with Gasteiger partial charge in [0, 0.05) is 17.3 Å². The minimum absolute atomic E-state index is 0.707. The molecule has 0 saturated carbocycles. The topological polar surface area (TPSA) is 18.5 Å². The molecule has 0 heterocycles. The Kier molecular flexibility index (Phi) is 9.10. The molecule has 0 unspecified atom stereocenters. The van der Waals surface area contributed by atoms with E-state index in [1.165, 1.54) is 11.3 Å². The van der Waals surface area contributed by atoms with Crippen molar-refractivity contribution >= 4 is 11.8 Å². The van der Waals surface area contributed by atoms with E-state index in [1.807, 2.05) is 17.8 Å². The maximum Gasteiger partial charge on any atom is 0.0700 e. The first kappa shape index (κ1) is 14.6. The number of benzene rings is 1. The van der Waals surface area contributed by atoms with Crippen molar-refractivity contribution in [1.29, 1.82) is 0 Å². The quantitative estimate of drug-likeness (QED) is 0.469. The van der Waals surface area contributed by atoms with Gasteiger partial charge in [-0.15, -0.1) is 11.8 Å². The molecule has 0 aliphatic carbocycles. The molecule has 0 spiro atoms. The number of hydrogen-bond acceptors (Lipinski definition) is 3. The first-order valence-corrected chi connectivity index (χ1v) is 7.25. The van der Waals surface area contributed by atoms with Crippen LogP contribution in [-0.4, -0.2) is 32.2 Å². The SMILES string of the molecule is CCCCOCCOCCSc1ccccc1. The van der Waals surface area contributed by atoms with Gasteiger partial charge in [-0.2, -0.15) is 0 Å². The summed E-state index contributed by atoms with van der Waals surface area (Å²) in [4.78, 5) is 1.30. The molecular weight excluding hydrogens is 232 g/mol. The normalized spacial score (nSPS) is 10.6. The predicted molar refractivity (Wildman–Crippen MR) is 73.7 cm³/mol. The monoisotopic (exact) mass is 254 g/mol. The number of ether oxygens (including phenoxy) is 2. The van der Waals surface area contributed by atoms with Crippen molar-refractivity contribution in [3.05, 3.63) is 30.3 Å². The third-order valence-corrected chi connectivity index (χ3v) is 3.23. The molecule has 1 rings (SSSR count). The largest absolute Gasteiger partial charge is 0.379 e. The second-order valence-electron chi connectivity index (χ2n) is 3.74. The van der Waals surface area contributed by atoms with Gasteiger partial charge in [0.1, 0.15) is 0 Å². The standard InChI is InChI=1S/C14H22O2S/c1-2-3-9-15-10-11-16-12-13-17-14-7-5-4-6-8-14/h4-8H,2-3,9-13H2,1H3. The summed E-state index contributed by atoms with van der Waals surface area (Å²) >= 11 is 1.83. The van der Waals surface area contributed by atoms with Gasteiger partial charge in [-0.05, 0) is 18.6 Å². The van der Waals surface area contributed by atoms with E-state index in [0.29, 0.717) is 6.61 Å². The van der Waals surface area contributed by atoms with Gasteiger partial charge >= 0.3 is 0 Å². The summed E-state index contributed by atoms with van der Waals surface area (Å²) in [6, 6.07) is 10.4. The third kappa shape index (κ3) is 8.25. The van der Waals surface area contributed by atoms with Gasteiger partial charge < -0.3 is 9.47 Å². The van der Waals surface area contributed by atoms with Crippen LogP contribution in [-0.2, 0) is 9.47 Å². The van der Waals surface area contributed by atoms with Crippen LogP contribution in [0.2, 0.25) is 0 Å². The van der Waals surface area contributed by atoms with Crippen LogP contribution in [0.1, 0.15) is 19.8 Å². The van der Waals surface area contributed by atoms with Crippen LogP contribution in [0.3, 0.4) is 0 Å². The highest BCUT2D eigenvalue weighted by molar-refractivity contribution is 7.99. The smallest absolute Gasteiger partial charge is 0.0700 e. The maximum absolute atomic E-state index is 5.49. The fourth-order valence-corrected chi connectivity index (χ4v) is 2.09. The maximum atomic E-state index is 5.49. The van der Waals surface area contributed by atoms with Gasteiger partial charge in [-0.1, -0.05) is 31.5 Å². The van der Waals surface area contributed by atoms with E-state index in [4.69, 9.17) is 9.47 Å². The first-order valence-electron chi connectivity index (χ1n) is 6.27. The van der Waals surface area contributed by atoms with E-state index >= 15 is 0 Å². The molecule has 1 aromatic rings. The van der Waals surface area contributed by atoms with Crippen LogP contribution in [0.25, 0.3) is 0 Å². The van der Waals surface area contributed by atoms with Crippen LogP contribution in [0.4, 0.5) is 0 Å². The lowest BCUT2D eigenvalue weighted by Crippen LogP contribution is -2.07. The molecule has 3 heteroatoms. The Morgan fingerprint density at radius 2 is 1.65 bits per heavy atom. The van der Waals surface area contributed by atoms with Gasteiger partial charge in [0.05, 0.1) is 19.8 Å². The lowest BCUT2D eigenvalue weighted by atomic mass is 10.4. The predicted octanol–water partition coefficient (Wildman–Crippen LogP) is 3.61. The average Bonchev–Trinajstić information content (AvgIpc) is 2.38. The molecule has 0 N–H and O–H groups in total. The minimum Gasteiger partial charge on any atom is -0.379 e. The molecule has 0 aromatic heterocycles. The highest BCUT2D eigenvalue weighted by Crippen LogP contribution is 2.16. The molecule has 96 valence electrons. The fourth-order valence-electron chi connectivity index (χ4n) is 1.30. The Morgan fingerprint density at radius 3 is 2.35 bits per heavy atom. The highest BCUT2D eigenvalue weighted by Gasteiger charge is 1.93. The van der Waals surface area contributed by atoms with E-state index in [0.717, 1.165) is 32.0 Å². The summed E-state index contributed by atoms with van der Waals surface area (Å²) in [7, 11) is 0. The highest BCUT2D eigenvalue weighted by atomic mass is 32.2. The van der Waals surface area contributed by atoms with Crippen LogP contribution in [0, 0.1) is 0 Å². The van der Waals surface area contributed by atoms with Crippen LogP contribution in [0.5, 0.6) is 0 Å². The first-order chi connectivity index (χ1) is 8.43. The molecule has 0 atom stereocenters.